The number of nitrogens with zero attached hydrogens (tertiary/aromatic N) is 3. The molecular weight excluding hydrogens is 169 g/mol. The third-order valence-corrected chi connectivity index (χ3v) is 2.15. The van der Waals surface area contributed by atoms with Crippen molar-refractivity contribution in [2.24, 2.45) is 5.92 Å². The van der Waals surface area contributed by atoms with Gasteiger partial charge in [-0.25, -0.2) is 14.4 Å². The quantitative estimate of drug-likeness (QED) is 0.686. The Morgan fingerprint density at radius 3 is 2.92 bits per heavy atom. The van der Waals surface area contributed by atoms with Crippen LogP contribution in [0, 0.1) is 23.1 Å². The maximum Gasteiger partial charge on any atom is 0.181 e. The van der Waals surface area contributed by atoms with Crippen molar-refractivity contribution in [1.82, 2.24) is 9.97 Å². The SMILES string of the molecule is N#Cc1ncnc(CC2CC2)c1F. The van der Waals surface area contributed by atoms with Crippen LogP contribution < -0.4 is 0 Å². The summed E-state index contributed by atoms with van der Waals surface area (Å²) in [5.74, 6) is 0.0212. The Morgan fingerprint density at radius 1 is 1.54 bits per heavy atom. The summed E-state index contributed by atoms with van der Waals surface area (Å²) in [6.45, 7) is 0. The molecule has 1 aliphatic carbocycles. The molecule has 66 valence electrons. The van der Waals surface area contributed by atoms with E-state index in [-0.39, 0.29) is 5.69 Å². The van der Waals surface area contributed by atoms with Gasteiger partial charge >= 0.3 is 0 Å². The van der Waals surface area contributed by atoms with Crippen LogP contribution in [0.1, 0.15) is 24.2 Å². The molecule has 1 heterocycles. The number of hydrogen-bond donors (Lipinski definition) is 0. The van der Waals surface area contributed by atoms with Gasteiger partial charge in [-0.1, -0.05) is 0 Å². The van der Waals surface area contributed by atoms with E-state index in [1.54, 1.807) is 6.07 Å². The first-order valence-corrected chi connectivity index (χ1v) is 4.20. The first-order chi connectivity index (χ1) is 6.31. The van der Waals surface area contributed by atoms with Gasteiger partial charge < -0.3 is 0 Å². The molecule has 0 atom stereocenters. The standard InChI is InChI=1S/C9H8FN3/c10-9-7(3-6-1-2-6)12-5-13-8(9)4-11/h5-6H,1-3H2. The molecule has 0 bridgehead atoms. The zero-order valence-electron chi connectivity index (χ0n) is 7.00. The van der Waals surface area contributed by atoms with Crippen molar-refractivity contribution in [3.63, 3.8) is 0 Å². The molecule has 0 unspecified atom stereocenters. The van der Waals surface area contributed by atoms with Gasteiger partial charge in [-0.2, -0.15) is 5.26 Å². The van der Waals surface area contributed by atoms with Crippen molar-refractivity contribution in [3.8, 4) is 6.07 Å². The smallest absolute Gasteiger partial charge is 0.181 e. The van der Waals surface area contributed by atoms with Gasteiger partial charge in [0.1, 0.15) is 12.4 Å². The molecule has 1 aromatic heterocycles. The van der Waals surface area contributed by atoms with Crippen LogP contribution in [-0.4, -0.2) is 9.97 Å². The van der Waals surface area contributed by atoms with E-state index in [9.17, 15) is 4.39 Å². The highest BCUT2D eigenvalue weighted by atomic mass is 19.1. The lowest BCUT2D eigenvalue weighted by atomic mass is 10.2. The molecule has 13 heavy (non-hydrogen) atoms. The highest BCUT2D eigenvalue weighted by Gasteiger charge is 2.24. The van der Waals surface area contributed by atoms with Crippen molar-refractivity contribution in [2.45, 2.75) is 19.3 Å². The second kappa shape index (κ2) is 3.09. The summed E-state index contributed by atoms with van der Waals surface area (Å²) in [5.41, 5.74) is 0.236. The predicted molar refractivity (Wildman–Crippen MR) is 43.1 cm³/mol. The number of halogens is 1. The monoisotopic (exact) mass is 177 g/mol. The summed E-state index contributed by atoms with van der Waals surface area (Å²) in [5, 5.41) is 8.51. The summed E-state index contributed by atoms with van der Waals surface area (Å²) in [6.07, 6.45) is 4.18. The van der Waals surface area contributed by atoms with Crippen LogP contribution >= 0.6 is 0 Å². The number of hydrogen-bond acceptors (Lipinski definition) is 3. The summed E-state index contributed by atoms with van der Waals surface area (Å²) in [6, 6.07) is 1.70. The highest BCUT2D eigenvalue weighted by molar-refractivity contribution is 5.24. The van der Waals surface area contributed by atoms with E-state index < -0.39 is 5.82 Å². The van der Waals surface area contributed by atoms with E-state index in [2.05, 4.69) is 9.97 Å². The summed E-state index contributed by atoms with van der Waals surface area (Å²) in [4.78, 5) is 7.37. The Morgan fingerprint density at radius 2 is 2.31 bits per heavy atom. The van der Waals surface area contributed by atoms with E-state index in [4.69, 9.17) is 5.26 Å². The molecule has 3 nitrogen and oxygen atoms in total. The van der Waals surface area contributed by atoms with E-state index in [1.807, 2.05) is 0 Å². The maximum atomic E-state index is 13.3. The molecule has 4 heteroatoms. The molecule has 0 aliphatic heterocycles. The second-order valence-electron chi connectivity index (χ2n) is 3.24. The van der Waals surface area contributed by atoms with Gasteiger partial charge in [0.05, 0.1) is 5.69 Å². The minimum Gasteiger partial charge on any atom is -0.238 e. The number of rotatable bonds is 2. The van der Waals surface area contributed by atoms with Crippen LogP contribution in [0.25, 0.3) is 0 Å². The van der Waals surface area contributed by atoms with Gasteiger partial charge in [0.15, 0.2) is 11.5 Å². The van der Waals surface area contributed by atoms with Crippen molar-refractivity contribution in [1.29, 1.82) is 5.26 Å². The van der Waals surface area contributed by atoms with Crippen LogP contribution in [-0.2, 0) is 6.42 Å². The third kappa shape index (κ3) is 1.64. The lowest BCUT2D eigenvalue weighted by Crippen LogP contribution is -2.01. The molecule has 2 rings (SSSR count). The normalized spacial score (nSPS) is 15.4. The Balaban J connectivity index is 2.28. The summed E-state index contributed by atoms with van der Waals surface area (Å²) >= 11 is 0. The Hall–Kier alpha value is -1.50. The van der Waals surface area contributed by atoms with Gasteiger partial charge in [0.25, 0.3) is 0 Å². The summed E-state index contributed by atoms with van der Waals surface area (Å²) < 4.78 is 13.3. The fraction of sp³-hybridized carbons (Fsp3) is 0.444. The van der Waals surface area contributed by atoms with E-state index in [0.717, 1.165) is 12.8 Å². The third-order valence-electron chi connectivity index (χ3n) is 2.15. The van der Waals surface area contributed by atoms with Gasteiger partial charge in [-0.05, 0) is 25.2 Å². The van der Waals surface area contributed by atoms with Crippen LogP contribution in [0.15, 0.2) is 6.33 Å². The molecule has 0 radical (unpaired) electrons. The lowest BCUT2D eigenvalue weighted by Gasteiger charge is -1.99. The van der Waals surface area contributed by atoms with E-state index >= 15 is 0 Å². The molecule has 1 aromatic rings. The van der Waals surface area contributed by atoms with Crippen molar-refractivity contribution in [3.05, 3.63) is 23.5 Å². The molecule has 0 amide bonds. The molecule has 0 saturated heterocycles. The van der Waals surface area contributed by atoms with Crippen molar-refractivity contribution < 1.29 is 4.39 Å². The molecular formula is C9H8FN3. The fourth-order valence-corrected chi connectivity index (χ4v) is 1.22. The van der Waals surface area contributed by atoms with Crippen molar-refractivity contribution >= 4 is 0 Å². The Kier molecular flexibility index (Phi) is 1.93. The average Bonchev–Trinajstić information content (AvgIpc) is 2.92. The van der Waals surface area contributed by atoms with E-state index in [0.29, 0.717) is 18.0 Å². The minimum atomic E-state index is -0.545. The zero-order chi connectivity index (χ0) is 9.26. The largest absolute Gasteiger partial charge is 0.238 e. The second-order valence-corrected chi connectivity index (χ2v) is 3.24. The summed E-state index contributed by atoms with van der Waals surface area (Å²) in [7, 11) is 0. The van der Waals surface area contributed by atoms with Crippen LogP contribution in [0.2, 0.25) is 0 Å². The molecule has 1 aliphatic rings. The van der Waals surface area contributed by atoms with E-state index in [1.165, 1.54) is 6.33 Å². The van der Waals surface area contributed by atoms with Crippen LogP contribution in [0.3, 0.4) is 0 Å². The molecule has 1 saturated carbocycles. The lowest BCUT2D eigenvalue weighted by molar-refractivity contribution is 0.577. The van der Waals surface area contributed by atoms with Gasteiger partial charge in [-0.3, -0.25) is 0 Å². The molecule has 0 spiro atoms. The van der Waals surface area contributed by atoms with Gasteiger partial charge in [0, 0.05) is 0 Å². The zero-order valence-corrected chi connectivity index (χ0v) is 7.00. The van der Waals surface area contributed by atoms with Gasteiger partial charge in [-0.15, -0.1) is 0 Å². The minimum absolute atomic E-state index is 0.148. The molecule has 0 N–H and O–H groups in total. The Labute approximate surface area is 75.2 Å². The van der Waals surface area contributed by atoms with Crippen LogP contribution in [0.4, 0.5) is 4.39 Å². The Bertz CT molecular complexity index is 366. The molecule has 1 fully saturated rings. The molecule has 0 aromatic carbocycles. The van der Waals surface area contributed by atoms with Crippen molar-refractivity contribution in [2.75, 3.05) is 0 Å². The predicted octanol–water partition coefficient (Wildman–Crippen LogP) is 1.44. The van der Waals surface area contributed by atoms with Crippen LogP contribution in [0.5, 0.6) is 0 Å². The highest BCUT2D eigenvalue weighted by Crippen LogP contribution is 2.32. The maximum absolute atomic E-state index is 13.3. The first kappa shape index (κ1) is 8.11. The fourth-order valence-electron chi connectivity index (χ4n) is 1.22. The van der Waals surface area contributed by atoms with Gasteiger partial charge in [0.2, 0.25) is 0 Å². The topological polar surface area (TPSA) is 49.6 Å². The first-order valence-electron chi connectivity index (χ1n) is 4.20. The average molecular weight is 177 g/mol. The number of aromatic nitrogens is 2. The number of nitriles is 1.